The first-order valence-corrected chi connectivity index (χ1v) is 20.1. The van der Waals surface area contributed by atoms with Crippen LogP contribution in [0, 0.1) is 0 Å². The summed E-state index contributed by atoms with van der Waals surface area (Å²) in [7, 11) is 0. The van der Waals surface area contributed by atoms with Crippen molar-refractivity contribution in [3.05, 3.63) is 245 Å². The zero-order valence-corrected chi connectivity index (χ0v) is 31.7. The molecule has 0 bridgehead atoms. The minimum Gasteiger partial charge on any atom is -0.457 e. The summed E-state index contributed by atoms with van der Waals surface area (Å²) in [5.41, 5.74) is 12.0. The maximum atomic E-state index is 6.79. The summed E-state index contributed by atoms with van der Waals surface area (Å²) < 4.78 is 13.6. The highest BCUT2D eigenvalue weighted by Gasteiger charge is 2.58. The molecule has 59 heavy (non-hydrogen) atoms. The van der Waals surface area contributed by atoms with Crippen LogP contribution < -0.4 is 14.4 Å². The van der Waals surface area contributed by atoms with Crippen molar-refractivity contribution >= 4 is 17.3 Å². The van der Waals surface area contributed by atoms with Crippen molar-refractivity contribution < 1.29 is 9.47 Å². The highest BCUT2D eigenvalue weighted by atomic mass is 16.5. The van der Waals surface area contributed by atoms with Gasteiger partial charge in [0, 0.05) is 44.5 Å². The van der Waals surface area contributed by atoms with Gasteiger partial charge in [-0.3, -0.25) is 4.90 Å². The summed E-state index contributed by atoms with van der Waals surface area (Å²) in [5, 5.41) is 0. The number of fused-ring (bicyclic) bond motifs is 16. The van der Waals surface area contributed by atoms with Crippen molar-refractivity contribution in [3.63, 3.8) is 0 Å². The van der Waals surface area contributed by atoms with E-state index in [1.54, 1.807) is 0 Å². The summed E-state index contributed by atoms with van der Waals surface area (Å²) in [6.45, 7) is 0. The molecule has 0 aliphatic carbocycles. The highest BCUT2D eigenvalue weighted by molar-refractivity contribution is 5.97. The van der Waals surface area contributed by atoms with E-state index in [0.717, 1.165) is 107 Å². The minimum atomic E-state index is -0.801. The van der Waals surface area contributed by atoms with Crippen LogP contribution in [0.15, 0.2) is 200 Å². The number of hydrogen-bond donors (Lipinski definition) is 0. The first kappa shape index (κ1) is 32.3. The second-order valence-corrected chi connectivity index (χ2v) is 15.6. The molecule has 276 valence electrons. The Kier molecular flexibility index (Phi) is 6.51. The Morgan fingerprint density at radius 3 is 1.03 bits per heavy atom. The monoisotopic (exact) mass is 755 g/mol. The number of pyridine rings is 2. The van der Waals surface area contributed by atoms with E-state index >= 15 is 0 Å². The molecule has 2 spiro atoms. The molecule has 4 aliphatic heterocycles. The number of benzene rings is 7. The Balaban J connectivity index is 1.25. The zero-order valence-electron chi connectivity index (χ0n) is 31.7. The molecule has 2 aromatic heterocycles. The number of rotatable bonds is 2. The lowest BCUT2D eigenvalue weighted by Gasteiger charge is -2.53. The van der Waals surface area contributed by atoms with E-state index in [9.17, 15) is 0 Å². The molecule has 0 radical (unpaired) electrons. The van der Waals surface area contributed by atoms with Crippen LogP contribution >= 0.6 is 0 Å². The Morgan fingerprint density at radius 1 is 0.305 bits per heavy atom. The third kappa shape index (κ3) is 4.13. The van der Waals surface area contributed by atoms with E-state index in [-0.39, 0.29) is 0 Å². The molecule has 0 fully saturated rings. The zero-order chi connectivity index (χ0) is 38.7. The summed E-state index contributed by atoms with van der Waals surface area (Å²) >= 11 is 0. The van der Waals surface area contributed by atoms with Crippen molar-refractivity contribution in [2.45, 2.75) is 10.8 Å². The molecule has 6 heterocycles. The lowest BCUT2D eigenvalue weighted by Crippen LogP contribution is -2.46. The van der Waals surface area contributed by atoms with Crippen LogP contribution in [-0.2, 0) is 10.8 Å². The van der Waals surface area contributed by atoms with E-state index < -0.39 is 10.8 Å². The maximum Gasteiger partial charge on any atom is 0.144 e. The van der Waals surface area contributed by atoms with Crippen molar-refractivity contribution in [1.82, 2.24) is 9.97 Å². The molecule has 13 rings (SSSR count). The topological polar surface area (TPSA) is 47.5 Å². The van der Waals surface area contributed by atoms with Crippen LogP contribution in [-0.4, -0.2) is 9.97 Å². The molecule has 0 unspecified atom stereocenters. The Hall–Kier alpha value is -7.76. The van der Waals surface area contributed by atoms with Gasteiger partial charge in [-0.1, -0.05) is 164 Å². The molecule has 4 aliphatic rings. The number of nitrogens with zero attached hydrogens (tertiary/aromatic N) is 3. The second-order valence-electron chi connectivity index (χ2n) is 15.6. The third-order valence-corrected chi connectivity index (χ3v) is 12.8. The molecular weight excluding hydrogens is 723 g/mol. The van der Waals surface area contributed by atoms with Crippen LogP contribution in [0.25, 0.3) is 22.5 Å². The SMILES string of the molecule is c1ccc(-c2ccc3c(n2)N2c4nc(-c5ccccc5)ccc4C4(c5ccccc5Oc5ccccc54)c4cccc(c42)C32c3ccccc3Oc3ccccc32)cc1. The van der Waals surface area contributed by atoms with Gasteiger partial charge in [0.1, 0.15) is 34.6 Å². The Morgan fingerprint density at radius 2 is 0.644 bits per heavy atom. The molecular formula is C54H33N3O2. The maximum absolute atomic E-state index is 6.79. The standard InChI is InChI=1S/C54H33N3O2/c1-3-16-34(17-4-1)44-32-30-42-51(55-44)57-50-40(53(42)36-20-7-11-26-46(36)58-47-27-12-8-21-37(47)53)24-15-25-41(50)54(43-31-33-45(56-52(43)57)35-18-5-2-6-19-35)38-22-9-13-28-48(38)59-49-29-14-10-23-39(49)54/h1-33H. The van der Waals surface area contributed by atoms with Crippen LogP contribution in [0.4, 0.5) is 17.3 Å². The van der Waals surface area contributed by atoms with Gasteiger partial charge in [0.25, 0.3) is 0 Å². The van der Waals surface area contributed by atoms with Gasteiger partial charge in [0.15, 0.2) is 0 Å². The van der Waals surface area contributed by atoms with E-state index in [0.29, 0.717) is 0 Å². The van der Waals surface area contributed by atoms with Gasteiger partial charge in [-0.05, 0) is 47.5 Å². The first-order chi connectivity index (χ1) is 29.3. The molecule has 0 N–H and O–H groups in total. The number of anilines is 3. The summed E-state index contributed by atoms with van der Waals surface area (Å²) in [6.07, 6.45) is 0. The summed E-state index contributed by atoms with van der Waals surface area (Å²) in [6, 6.07) is 70.8. The molecule has 5 nitrogen and oxygen atoms in total. The van der Waals surface area contributed by atoms with Gasteiger partial charge >= 0.3 is 0 Å². The highest BCUT2D eigenvalue weighted by Crippen LogP contribution is 2.69. The lowest BCUT2D eigenvalue weighted by atomic mass is 9.57. The van der Waals surface area contributed by atoms with Gasteiger partial charge in [-0.2, -0.15) is 0 Å². The number of para-hydroxylation sites is 5. The average Bonchev–Trinajstić information content (AvgIpc) is 3.31. The van der Waals surface area contributed by atoms with Crippen molar-refractivity contribution in [2.24, 2.45) is 0 Å². The van der Waals surface area contributed by atoms with Crippen LogP contribution in [0.3, 0.4) is 0 Å². The number of ether oxygens (including phenoxy) is 2. The van der Waals surface area contributed by atoms with Crippen LogP contribution in [0.1, 0.15) is 44.5 Å². The third-order valence-electron chi connectivity index (χ3n) is 12.8. The van der Waals surface area contributed by atoms with Gasteiger partial charge in [0.05, 0.1) is 27.9 Å². The molecule has 9 aromatic rings. The largest absolute Gasteiger partial charge is 0.457 e. The Bertz CT molecular complexity index is 2890. The predicted molar refractivity (Wildman–Crippen MR) is 231 cm³/mol. The number of hydrogen-bond acceptors (Lipinski definition) is 5. The fourth-order valence-electron chi connectivity index (χ4n) is 10.5. The van der Waals surface area contributed by atoms with Gasteiger partial charge < -0.3 is 9.47 Å². The predicted octanol–water partition coefficient (Wildman–Crippen LogP) is 12.9. The van der Waals surface area contributed by atoms with E-state index in [1.165, 1.54) is 0 Å². The van der Waals surface area contributed by atoms with E-state index in [2.05, 4.69) is 193 Å². The second kappa shape index (κ2) is 11.9. The smallest absolute Gasteiger partial charge is 0.144 e. The quantitative estimate of drug-likeness (QED) is 0.176. The van der Waals surface area contributed by atoms with Crippen molar-refractivity contribution in [1.29, 1.82) is 0 Å². The molecule has 5 heteroatoms. The summed E-state index contributed by atoms with van der Waals surface area (Å²) in [4.78, 5) is 13.9. The van der Waals surface area contributed by atoms with Crippen LogP contribution in [0.5, 0.6) is 23.0 Å². The van der Waals surface area contributed by atoms with Gasteiger partial charge in [-0.15, -0.1) is 0 Å². The Labute approximate surface area is 341 Å². The molecule has 0 atom stereocenters. The molecule has 0 amide bonds. The van der Waals surface area contributed by atoms with Gasteiger partial charge in [-0.25, -0.2) is 9.97 Å². The molecule has 7 aromatic carbocycles. The minimum absolute atomic E-state index is 0.801. The van der Waals surface area contributed by atoms with Crippen LogP contribution in [0.2, 0.25) is 0 Å². The fraction of sp³-hybridized carbons (Fsp3) is 0.0370. The number of aromatic nitrogens is 2. The van der Waals surface area contributed by atoms with E-state index in [4.69, 9.17) is 19.4 Å². The lowest BCUT2D eigenvalue weighted by molar-refractivity contribution is 0.430. The van der Waals surface area contributed by atoms with Crippen molar-refractivity contribution in [2.75, 3.05) is 4.90 Å². The normalized spacial score (nSPS) is 14.9. The van der Waals surface area contributed by atoms with Gasteiger partial charge in [0.2, 0.25) is 0 Å². The molecule has 0 saturated carbocycles. The van der Waals surface area contributed by atoms with Crippen molar-refractivity contribution in [3.8, 4) is 45.5 Å². The average molecular weight is 756 g/mol. The summed E-state index contributed by atoms with van der Waals surface area (Å²) in [5.74, 6) is 4.97. The molecule has 0 saturated heterocycles. The fourth-order valence-corrected chi connectivity index (χ4v) is 10.5. The first-order valence-electron chi connectivity index (χ1n) is 20.1. The van der Waals surface area contributed by atoms with E-state index in [1.807, 2.05) is 12.1 Å².